The summed E-state index contributed by atoms with van der Waals surface area (Å²) in [5, 5.41) is 4.58. The van der Waals surface area contributed by atoms with Crippen molar-refractivity contribution in [3.05, 3.63) is 50.4 Å². The van der Waals surface area contributed by atoms with Crippen LogP contribution in [0.15, 0.2) is 34.9 Å². The Morgan fingerprint density at radius 2 is 2.28 bits per heavy atom. The van der Waals surface area contributed by atoms with Crippen LogP contribution in [0.5, 0.6) is 0 Å². The van der Waals surface area contributed by atoms with E-state index in [1.807, 2.05) is 12.3 Å². The maximum absolute atomic E-state index is 4.48. The summed E-state index contributed by atoms with van der Waals surface area (Å²) in [4.78, 5) is 5.80. The van der Waals surface area contributed by atoms with E-state index in [0.717, 1.165) is 24.0 Å². The zero-order chi connectivity index (χ0) is 12.8. The molecule has 2 rings (SSSR count). The average Bonchev–Trinajstić information content (AvgIpc) is 2.77. The van der Waals surface area contributed by atoms with Gasteiger partial charge in [0.1, 0.15) is 0 Å². The van der Waals surface area contributed by atoms with E-state index in [2.05, 4.69) is 51.4 Å². The van der Waals surface area contributed by atoms with Crippen LogP contribution in [0, 0.1) is 0 Å². The summed E-state index contributed by atoms with van der Waals surface area (Å²) in [7, 11) is 0. The first-order chi connectivity index (χ1) is 8.78. The van der Waals surface area contributed by atoms with Crippen molar-refractivity contribution in [2.75, 3.05) is 6.54 Å². The van der Waals surface area contributed by atoms with Crippen LogP contribution in [0.1, 0.15) is 28.8 Å². The fraction of sp³-hybridized carbons (Fsp3) is 0.357. The second-order valence-corrected chi connectivity index (χ2v) is 6.32. The van der Waals surface area contributed by atoms with Gasteiger partial charge >= 0.3 is 0 Å². The van der Waals surface area contributed by atoms with Crippen LogP contribution in [-0.2, 0) is 13.0 Å². The second-order valence-electron chi connectivity index (χ2n) is 4.20. The van der Waals surface area contributed by atoms with E-state index < -0.39 is 0 Å². The molecular formula is C14H17BrN2S. The smallest absolute Gasteiger partial charge is 0.0972 e. The molecule has 1 aromatic carbocycles. The molecule has 0 aliphatic heterocycles. The number of hydrogen-bond acceptors (Lipinski definition) is 3. The first kappa shape index (κ1) is 13.7. The van der Waals surface area contributed by atoms with Gasteiger partial charge in [0.2, 0.25) is 0 Å². The van der Waals surface area contributed by atoms with Gasteiger partial charge in [-0.25, -0.2) is 4.98 Å². The highest BCUT2D eigenvalue weighted by molar-refractivity contribution is 9.10. The number of thiazole rings is 1. The molecule has 0 amide bonds. The van der Waals surface area contributed by atoms with E-state index in [0.29, 0.717) is 0 Å². The van der Waals surface area contributed by atoms with E-state index in [4.69, 9.17) is 0 Å². The Morgan fingerprint density at radius 3 is 3.06 bits per heavy atom. The van der Waals surface area contributed by atoms with E-state index >= 15 is 0 Å². The number of nitrogens with one attached hydrogen (secondary N) is 1. The lowest BCUT2D eigenvalue weighted by Gasteiger charge is -1.99. The van der Waals surface area contributed by atoms with Crippen molar-refractivity contribution in [1.82, 2.24) is 10.3 Å². The van der Waals surface area contributed by atoms with Crippen molar-refractivity contribution in [3.63, 3.8) is 0 Å². The predicted octanol–water partition coefficient (Wildman–Crippen LogP) is 4.00. The van der Waals surface area contributed by atoms with Crippen LogP contribution >= 0.6 is 27.3 Å². The lowest BCUT2D eigenvalue weighted by atomic mass is 10.2. The molecule has 0 saturated heterocycles. The van der Waals surface area contributed by atoms with E-state index in [1.54, 1.807) is 11.3 Å². The second kappa shape index (κ2) is 7.02. The van der Waals surface area contributed by atoms with Crippen LogP contribution in [0.3, 0.4) is 0 Å². The van der Waals surface area contributed by atoms with Gasteiger partial charge in [-0.1, -0.05) is 35.0 Å². The van der Waals surface area contributed by atoms with Crippen molar-refractivity contribution in [2.24, 2.45) is 0 Å². The Bertz CT molecular complexity index is 496. The molecule has 2 nitrogen and oxygen atoms in total. The Labute approximate surface area is 121 Å². The minimum atomic E-state index is 0.915. The quantitative estimate of drug-likeness (QED) is 0.812. The lowest BCUT2D eigenvalue weighted by molar-refractivity contribution is 0.681. The Hall–Kier alpha value is -0.710. The zero-order valence-electron chi connectivity index (χ0n) is 10.4. The molecule has 2 aromatic rings. The summed E-state index contributed by atoms with van der Waals surface area (Å²) in [5.74, 6) is 0. The average molecular weight is 325 g/mol. The first-order valence-corrected chi connectivity index (χ1v) is 7.77. The number of rotatable bonds is 6. The van der Waals surface area contributed by atoms with Gasteiger partial charge in [-0.05, 0) is 30.7 Å². The predicted molar refractivity (Wildman–Crippen MR) is 81.1 cm³/mol. The number of halogens is 1. The minimum absolute atomic E-state index is 0.915. The first-order valence-electron chi connectivity index (χ1n) is 6.16. The highest BCUT2D eigenvalue weighted by Crippen LogP contribution is 2.19. The summed E-state index contributed by atoms with van der Waals surface area (Å²) < 4.78 is 1.13. The molecule has 4 heteroatoms. The van der Waals surface area contributed by atoms with Crippen LogP contribution in [0.2, 0.25) is 0 Å². The van der Waals surface area contributed by atoms with Gasteiger partial charge in [0.15, 0.2) is 0 Å². The van der Waals surface area contributed by atoms with Gasteiger partial charge in [0, 0.05) is 28.5 Å². The van der Waals surface area contributed by atoms with Crippen LogP contribution < -0.4 is 5.32 Å². The van der Waals surface area contributed by atoms with Gasteiger partial charge in [0.05, 0.1) is 5.01 Å². The summed E-state index contributed by atoms with van der Waals surface area (Å²) in [5.41, 5.74) is 1.30. The fourth-order valence-electron chi connectivity index (χ4n) is 1.72. The molecule has 0 fully saturated rings. The van der Waals surface area contributed by atoms with Crippen molar-refractivity contribution in [3.8, 4) is 0 Å². The zero-order valence-corrected chi connectivity index (χ0v) is 12.9. The van der Waals surface area contributed by atoms with Crippen molar-refractivity contribution < 1.29 is 0 Å². The molecule has 0 aliphatic carbocycles. The molecule has 18 heavy (non-hydrogen) atoms. The van der Waals surface area contributed by atoms with Crippen molar-refractivity contribution >= 4 is 27.3 Å². The van der Waals surface area contributed by atoms with Gasteiger partial charge in [-0.2, -0.15) is 0 Å². The Morgan fingerprint density at radius 1 is 1.39 bits per heavy atom. The molecule has 1 N–H and O–H groups in total. The lowest BCUT2D eigenvalue weighted by Crippen LogP contribution is -2.12. The number of nitrogens with zero attached hydrogens (tertiary/aromatic N) is 1. The van der Waals surface area contributed by atoms with Crippen molar-refractivity contribution in [2.45, 2.75) is 26.3 Å². The topological polar surface area (TPSA) is 24.9 Å². The van der Waals surface area contributed by atoms with E-state index in [-0.39, 0.29) is 0 Å². The largest absolute Gasteiger partial charge is 0.312 e. The molecule has 0 unspecified atom stereocenters. The highest BCUT2D eigenvalue weighted by Gasteiger charge is 2.03. The monoisotopic (exact) mass is 324 g/mol. The van der Waals surface area contributed by atoms with Gasteiger partial charge < -0.3 is 5.32 Å². The van der Waals surface area contributed by atoms with Crippen LogP contribution in [-0.4, -0.2) is 11.5 Å². The summed E-state index contributed by atoms with van der Waals surface area (Å²) in [6.45, 7) is 4.18. The maximum Gasteiger partial charge on any atom is 0.0972 e. The SMILES string of the molecule is CCCNCc1cnc(Cc2cccc(Br)c2)s1. The normalized spacial score (nSPS) is 10.8. The van der Waals surface area contributed by atoms with E-state index in [1.165, 1.54) is 21.9 Å². The number of hydrogen-bond donors (Lipinski definition) is 1. The summed E-state index contributed by atoms with van der Waals surface area (Å²) in [6, 6.07) is 8.40. The standard InChI is InChI=1S/C14H17BrN2S/c1-2-6-16-9-13-10-17-14(18-13)8-11-4-3-5-12(15)7-11/h3-5,7,10,16H,2,6,8-9H2,1H3. The highest BCUT2D eigenvalue weighted by atomic mass is 79.9. The molecule has 96 valence electrons. The maximum atomic E-state index is 4.48. The molecule has 0 atom stereocenters. The van der Waals surface area contributed by atoms with Gasteiger partial charge in [0.25, 0.3) is 0 Å². The molecule has 0 saturated carbocycles. The number of benzene rings is 1. The molecule has 0 aliphatic rings. The molecule has 1 aromatic heterocycles. The minimum Gasteiger partial charge on any atom is -0.312 e. The van der Waals surface area contributed by atoms with Gasteiger partial charge in [-0.15, -0.1) is 11.3 Å². The third-order valence-corrected chi connectivity index (χ3v) is 4.06. The molecule has 0 radical (unpaired) electrons. The van der Waals surface area contributed by atoms with Crippen LogP contribution in [0.25, 0.3) is 0 Å². The third-order valence-electron chi connectivity index (χ3n) is 2.57. The van der Waals surface area contributed by atoms with E-state index in [9.17, 15) is 0 Å². The number of aromatic nitrogens is 1. The summed E-state index contributed by atoms with van der Waals surface area (Å²) in [6.07, 6.45) is 4.07. The third kappa shape index (κ3) is 4.19. The fourth-order valence-corrected chi connectivity index (χ4v) is 3.09. The Kier molecular flexibility index (Phi) is 5.35. The molecule has 0 spiro atoms. The molecular weight excluding hydrogens is 308 g/mol. The summed E-state index contributed by atoms with van der Waals surface area (Å²) >= 11 is 5.29. The molecule has 1 heterocycles. The van der Waals surface area contributed by atoms with Crippen LogP contribution in [0.4, 0.5) is 0 Å². The molecule has 0 bridgehead atoms. The Balaban J connectivity index is 1.94. The van der Waals surface area contributed by atoms with Crippen molar-refractivity contribution in [1.29, 1.82) is 0 Å². The van der Waals surface area contributed by atoms with Gasteiger partial charge in [-0.3, -0.25) is 0 Å².